The second-order valence-electron chi connectivity index (χ2n) is 5.27. The number of aliphatic hydroxyl groups is 1. The fourth-order valence-electron chi connectivity index (χ4n) is 2.58. The van der Waals surface area contributed by atoms with E-state index in [4.69, 9.17) is 0 Å². The first-order chi connectivity index (χ1) is 11.2. The van der Waals surface area contributed by atoms with Crippen molar-refractivity contribution in [3.8, 4) is 21.8 Å². The summed E-state index contributed by atoms with van der Waals surface area (Å²) in [6.07, 6.45) is 5.36. The van der Waals surface area contributed by atoms with Crippen molar-refractivity contribution in [2.24, 2.45) is 0 Å². The largest absolute Gasteiger partial charge is 0.412 e. The van der Waals surface area contributed by atoms with Crippen LogP contribution >= 0.6 is 11.3 Å². The van der Waals surface area contributed by atoms with E-state index in [1.165, 1.54) is 11.3 Å². The minimum absolute atomic E-state index is 0.157. The quantitative estimate of drug-likeness (QED) is 0.457. The lowest BCUT2D eigenvalue weighted by molar-refractivity contribution is 0.353. The molecule has 23 heavy (non-hydrogen) atoms. The van der Waals surface area contributed by atoms with E-state index < -0.39 is 0 Å². The van der Waals surface area contributed by atoms with E-state index in [2.05, 4.69) is 15.0 Å². The highest BCUT2D eigenvalue weighted by Gasteiger charge is 2.14. The molecule has 0 unspecified atom stereocenters. The van der Waals surface area contributed by atoms with Gasteiger partial charge in [0.2, 0.25) is 5.01 Å². The van der Waals surface area contributed by atoms with Crippen LogP contribution in [0.4, 0.5) is 0 Å². The van der Waals surface area contributed by atoms with E-state index in [9.17, 15) is 5.11 Å². The Kier molecular flexibility index (Phi) is 3.37. The lowest BCUT2D eigenvalue weighted by Crippen LogP contribution is -2.01. The van der Waals surface area contributed by atoms with Gasteiger partial charge in [-0.3, -0.25) is 4.98 Å². The van der Waals surface area contributed by atoms with Gasteiger partial charge in [0.1, 0.15) is 5.38 Å². The highest BCUT2D eigenvalue weighted by Crippen LogP contribution is 2.35. The molecule has 1 N–H and O–H groups in total. The topological polar surface area (TPSA) is 58.9 Å². The highest BCUT2D eigenvalue weighted by molar-refractivity contribution is 7.13. The van der Waals surface area contributed by atoms with Crippen molar-refractivity contribution in [2.45, 2.75) is 6.92 Å². The van der Waals surface area contributed by atoms with E-state index in [1.807, 2.05) is 42.6 Å². The van der Waals surface area contributed by atoms with Crippen LogP contribution < -0.4 is 0 Å². The van der Waals surface area contributed by atoms with Crippen LogP contribution in [0.1, 0.15) is 16.8 Å². The number of fused-ring (bicyclic) bond motifs is 1. The summed E-state index contributed by atoms with van der Waals surface area (Å²) in [4.78, 5) is 13.0. The third-order valence-electron chi connectivity index (χ3n) is 3.76. The zero-order chi connectivity index (χ0) is 15.8. The summed E-state index contributed by atoms with van der Waals surface area (Å²) in [6, 6.07) is 9.78. The molecule has 0 bridgehead atoms. The van der Waals surface area contributed by atoms with E-state index >= 15 is 0 Å². The summed E-state index contributed by atoms with van der Waals surface area (Å²) >= 11 is 1.48. The third-order valence-corrected chi connectivity index (χ3v) is 4.65. The molecule has 4 rings (SSSR count). The molecular formula is C18H13N3OS-2. The zero-order valence-electron chi connectivity index (χ0n) is 12.4. The lowest BCUT2D eigenvalue weighted by atomic mass is 9.99. The molecule has 0 spiro atoms. The second-order valence-corrected chi connectivity index (χ2v) is 6.13. The molecule has 0 saturated carbocycles. The van der Waals surface area contributed by atoms with Crippen molar-refractivity contribution < 1.29 is 5.11 Å². The Morgan fingerprint density at radius 1 is 1.30 bits per heavy atom. The van der Waals surface area contributed by atoms with Crippen molar-refractivity contribution >= 4 is 11.3 Å². The van der Waals surface area contributed by atoms with E-state index in [-0.39, 0.29) is 6.10 Å². The summed E-state index contributed by atoms with van der Waals surface area (Å²) in [5.74, 6) is 0. The maximum absolute atomic E-state index is 10.6. The van der Waals surface area contributed by atoms with Gasteiger partial charge in [0.05, 0.1) is 0 Å². The average Bonchev–Trinajstić information content (AvgIpc) is 3.23. The number of nitrogens with zero attached hydrogens (tertiary/aromatic N) is 3. The van der Waals surface area contributed by atoms with Crippen LogP contribution in [0, 0.1) is 13.0 Å². The molecule has 4 nitrogen and oxygen atoms in total. The van der Waals surface area contributed by atoms with Crippen LogP contribution in [0.3, 0.4) is 0 Å². The van der Waals surface area contributed by atoms with Gasteiger partial charge in [0.25, 0.3) is 0 Å². The number of aryl methyl sites for hydroxylation is 1. The zero-order valence-corrected chi connectivity index (χ0v) is 13.2. The first kappa shape index (κ1) is 14.0. The van der Waals surface area contributed by atoms with Gasteiger partial charge in [-0.25, -0.2) is 6.07 Å². The molecular weight excluding hydrogens is 306 g/mol. The molecule has 3 heterocycles. The standard InChI is InChI=1S/C18H13N3OS/c1-11-4-2-6-13-14(9-20-16(11)13)17(22)15-10-23-18(21-15)12-5-3-7-19-8-12/h2-10,22H,1H3/q-2. The Hall–Kier alpha value is -2.63. The molecule has 1 aliphatic carbocycles. The van der Waals surface area contributed by atoms with Crippen molar-refractivity contribution in [1.29, 1.82) is 0 Å². The number of rotatable bonds is 3. The predicted molar refractivity (Wildman–Crippen MR) is 89.9 cm³/mol. The molecule has 2 aromatic heterocycles. The Morgan fingerprint density at radius 2 is 2.22 bits per heavy atom. The Bertz CT molecular complexity index is 913. The third kappa shape index (κ3) is 2.40. The van der Waals surface area contributed by atoms with Crippen LogP contribution in [0.5, 0.6) is 0 Å². The normalized spacial score (nSPS) is 11.0. The summed E-state index contributed by atoms with van der Waals surface area (Å²) in [5, 5.41) is 13.3. The smallest absolute Gasteiger partial charge is 0.250 e. The number of aliphatic hydroxyl groups excluding tert-OH is 1. The van der Waals surface area contributed by atoms with Gasteiger partial charge in [0.15, 0.2) is 11.3 Å². The average molecular weight is 319 g/mol. The van der Waals surface area contributed by atoms with Crippen molar-refractivity contribution in [2.75, 3.05) is 0 Å². The Balaban J connectivity index is 1.70. The Labute approximate surface area is 137 Å². The SMILES string of the molecule is Cc1[cH-]ccc2c([C-](O)c3c[s+][c-](-c4cccnc4)n3)cnc1-2. The number of hydrogen-bond donors (Lipinski definition) is 1. The highest BCUT2D eigenvalue weighted by atomic mass is 32.1. The van der Waals surface area contributed by atoms with E-state index in [1.54, 1.807) is 18.6 Å². The Morgan fingerprint density at radius 3 is 3.04 bits per heavy atom. The first-order valence-corrected chi connectivity index (χ1v) is 8.05. The van der Waals surface area contributed by atoms with Crippen LogP contribution in [0.2, 0.25) is 0 Å². The minimum Gasteiger partial charge on any atom is -0.412 e. The molecule has 0 aromatic carbocycles. The number of pyridine rings is 1. The summed E-state index contributed by atoms with van der Waals surface area (Å²) in [5.41, 5.74) is 5.17. The van der Waals surface area contributed by atoms with Crippen molar-refractivity contribution in [1.82, 2.24) is 15.0 Å². The fourth-order valence-corrected chi connectivity index (χ4v) is 3.37. The van der Waals surface area contributed by atoms with Gasteiger partial charge in [-0.15, -0.1) is 17.2 Å². The summed E-state index contributed by atoms with van der Waals surface area (Å²) < 4.78 is 0. The first-order valence-electron chi connectivity index (χ1n) is 7.17. The molecule has 2 aliphatic rings. The number of aromatic nitrogens is 3. The van der Waals surface area contributed by atoms with Crippen LogP contribution in [-0.2, 0) is 0 Å². The molecule has 0 amide bonds. The minimum atomic E-state index is 0.157. The lowest BCUT2D eigenvalue weighted by Gasteiger charge is -2.21. The number of thiazole rings is 1. The van der Waals surface area contributed by atoms with Crippen molar-refractivity contribution in [3.63, 3.8) is 0 Å². The maximum atomic E-state index is 10.6. The molecule has 2 aromatic rings. The second kappa shape index (κ2) is 5.53. The van der Waals surface area contributed by atoms with Gasteiger partial charge in [0, 0.05) is 11.9 Å². The van der Waals surface area contributed by atoms with E-state index in [0.29, 0.717) is 11.3 Å². The van der Waals surface area contributed by atoms with Crippen molar-refractivity contribution in [3.05, 3.63) is 77.2 Å². The number of benzene rings is 1. The van der Waals surface area contributed by atoms with Gasteiger partial charge in [-0.05, 0) is 17.9 Å². The summed E-state index contributed by atoms with van der Waals surface area (Å²) in [6.45, 7) is 2.01. The number of para-hydroxylation sites is 1. The van der Waals surface area contributed by atoms with Gasteiger partial charge in [-0.1, -0.05) is 24.9 Å². The van der Waals surface area contributed by atoms with Gasteiger partial charge >= 0.3 is 0 Å². The molecule has 5 heteroatoms. The van der Waals surface area contributed by atoms with Gasteiger partial charge in [-0.2, -0.15) is 17.7 Å². The van der Waals surface area contributed by atoms with Crippen LogP contribution in [0.15, 0.2) is 54.3 Å². The molecule has 0 atom stereocenters. The van der Waals surface area contributed by atoms with Crippen LogP contribution in [-0.4, -0.2) is 20.1 Å². The molecule has 0 saturated heterocycles. The molecule has 114 valence electrons. The molecule has 1 aliphatic heterocycles. The van der Waals surface area contributed by atoms with Crippen LogP contribution in [0.25, 0.3) is 21.8 Å². The molecule has 0 radical (unpaired) electrons. The number of hydrogen-bond acceptors (Lipinski definition) is 4. The monoisotopic (exact) mass is 319 g/mol. The predicted octanol–water partition coefficient (Wildman–Crippen LogP) is 4.03. The van der Waals surface area contributed by atoms with Gasteiger partial charge < -0.3 is 15.1 Å². The molecule has 0 fully saturated rings. The summed E-state index contributed by atoms with van der Waals surface area (Å²) in [7, 11) is 0. The van der Waals surface area contributed by atoms with E-state index in [0.717, 1.165) is 27.4 Å². The fraction of sp³-hybridized carbons (Fsp3) is 0.0556. The maximum Gasteiger partial charge on any atom is 0.250 e.